The van der Waals surface area contributed by atoms with Gasteiger partial charge in [-0.15, -0.1) is 0 Å². The number of hydrogen-bond acceptors (Lipinski definition) is 6. The molecule has 0 spiro atoms. The summed E-state index contributed by atoms with van der Waals surface area (Å²) < 4.78 is 11.7. The number of hydrogen-bond donors (Lipinski definition) is 3. The fourth-order valence-electron chi connectivity index (χ4n) is 3.11. The van der Waals surface area contributed by atoms with Crippen LogP contribution in [0.5, 0.6) is 5.75 Å². The summed E-state index contributed by atoms with van der Waals surface area (Å²) in [5, 5.41) is 5.52. The van der Waals surface area contributed by atoms with Gasteiger partial charge in [-0.05, 0) is 41.7 Å². The van der Waals surface area contributed by atoms with Crippen LogP contribution in [0.1, 0.15) is 40.2 Å². The molecule has 0 saturated carbocycles. The van der Waals surface area contributed by atoms with E-state index < -0.39 is 44.2 Å². The molecule has 0 saturated heterocycles. The van der Waals surface area contributed by atoms with Crippen LogP contribution in [0.25, 0.3) is 0 Å². The van der Waals surface area contributed by atoms with Crippen molar-refractivity contribution in [2.45, 2.75) is 77.3 Å². The second-order valence-corrected chi connectivity index (χ2v) is 15.4. The number of nitrogens with one attached hydrogen (secondary N) is 2. The summed E-state index contributed by atoms with van der Waals surface area (Å²) in [4.78, 5) is 37.9. The Kier molecular flexibility index (Phi) is 9.07. The third-order valence-electron chi connectivity index (χ3n) is 6.30. The lowest BCUT2D eigenvalue weighted by Gasteiger charge is -2.36. The molecule has 0 aromatic heterocycles. The maximum absolute atomic E-state index is 12.9. The molecule has 0 fully saturated rings. The van der Waals surface area contributed by atoms with Crippen molar-refractivity contribution < 1.29 is 23.5 Å². The Morgan fingerprint density at radius 3 is 2.29 bits per heavy atom. The first kappa shape index (κ1) is 27.6. The van der Waals surface area contributed by atoms with Crippen molar-refractivity contribution in [3.05, 3.63) is 42.0 Å². The van der Waals surface area contributed by atoms with Crippen molar-refractivity contribution >= 4 is 26.1 Å². The van der Waals surface area contributed by atoms with Gasteiger partial charge in [0.25, 0.3) is 0 Å². The normalized spacial score (nSPS) is 23.8. The summed E-state index contributed by atoms with van der Waals surface area (Å²) in [7, 11) is -1.97. The zero-order chi connectivity index (χ0) is 25.7. The molecule has 34 heavy (non-hydrogen) atoms. The summed E-state index contributed by atoms with van der Waals surface area (Å²) in [6.45, 7) is 14.4. The van der Waals surface area contributed by atoms with Gasteiger partial charge in [0.15, 0.2) is 0 Å². The Morgan fingerprint density at radius 2 is 1.74 bits per heavy atom. The van der Waals surface area contributed by atoms with Gasteiger partial charge < -0.3 is 25.5 Å². The van der Waals surface area contributed by atoms with E-state index in [1.807, 2.05) is 38.1 Å². The molecular formula is C25H39N3O5Si. The molecule has 8 nitrogen and oxygen atoms in total. The highest BCUT2D eigenvalue weighted by Crippen LogP contribution is 2.37. The van der Waals surface area contributed by atoms with Gasteiger partial charge in [0.1, 0.15) is 24.4 Å². The van der Waals surface area contributed by atoms with Gasteiger partial charge in [-0.3, -0.25) is 9.59 Å². The summed E-state index contributed by atoms with van der Waals surface area (Å²) in [5.74, 6) is -0.849. The molecule has 1 aromatic carbocycles. The third kappa shape index (κ3) is 7.70. The minimum Gasteiger partial charge on any atom is -0.544 e. The number of amides is 2. The molecule has 3 atom stereocenters. The quantitative estimate of drug-likeness (QED) is 0.432. The lowest BCUT2D eigenvalue weighted by molar-refractivity contribution is -0.148. The zero-order valence-corrected chi connectivity index (χ0v) is 22.3. The van der Waals surface area contributed by atoms with Crippen molar-refractivity contribution in [2.75, 3.05) is 6.61 Å². The minimum atomic E-state index is -1.97. The van der Waals surface area contributed by atoms with Crippen LogP contribution in [0.3, 0.4) is 0 Å². The average Bonchev–Trinajstić information content (AvgIpc) is 2.73. The second-order valence-electron chi connectivity index (χ2n) is 10.7. The van der Waals surface area contributed by atoms with E-state index in [1.165, 1.54) is 12.2 Å². The summed E-state index contributed by atoms with van der Waals surface area (Å²) in [6, 6.07) is 5.18. The highest BCUT2D eigenvalue weighted by Gasteiger charge is 2.39. The Balaban J connectivity index is 2.22. The van der Waals surface area contributed by atoms with Crippen molar-refractivity contribution in [1.29, 1.82) is 0 Å². The molecule has 4 N–H and O–H groups in total. The molecule has 0 unspecified atom stereocenters. The smallest absolute Gasteiger partial charge is 0.329 e. The van der Waals surface area contributed by atoms with Gasteiger partial charge in [0.2, 0.25) is 20.1 Å². The molecule has 0 radical (unpaired) electrons. The van der Waals surface area contributed by atoms with Crippen molar-refractivity contribution in [1.82, 2.24) is 10.6 Å². The standard InChI is InChI=1S/C25H39N3O5Si/c1-16(2)22-23(30)27-20(24(31)32-15-18(26)10-13-21(29)28-22)14-17-8-11-19(12-9-17)33-34(6,7)25(3,4)5/h8-13,16,18,20,22H,14-15,26H2,1-7H3,(H,27,30)(H,28,29)/b13-10+/t18-,20+,22+/m1/s1. The van der Waals surface area contributed by atoms with Crippen LogP contribution in [0.4, 0.5) is 0 Å². The van der Waals surface area contributed by atoms with E-state index in [0.29, 0.717) is 0 Å². The number of benzene rings is 1. The molecule has 0 bridgehead atoms. The van der Waals surface area contributed by atoms with E-state index in [0.717, 1.165) is 11.3 Å². The highest BCUT2D eigenvalue weighted by atomic mass is 28.4. The second kappa shape index (κ2) is 11.2. The number of nitrogens with two attached hydrogens (primary N) is 1. The molecule has 1 aromatic rings. The van der Waals surface area contributed by atoms with Gasteiger partial charge in [-0.2, -0.15) is 0 Å². The van der Waals surface area contributed by atoms with E-state index in [-0.39, 0.29) is 24.0 Å². The lowest BCUT2D eigenvalue weighted by atomic mass is 10.0. The number of carbonyl (C=O) groups is 3. The van der Waals surface area contributed by atoms with Crippen molar-refractivity contribution in [2.24, 2.45) is 11.7 Å². The minimum absolute atomic E-state index is 0.0752. The topological polar surface area (TPSA) is 120 Å². The summed E-state index contributed by atoms with van der Waals surface area (Å²) >= 11 is 0. The van der Waals surface area contributed by atoms with Gasteiger partial charge in [-0.25, -0.2) is 4.79 Å². The van der Waals surface area contributed by atoms with Crippen LogP contribution in [-0.2, 0) is 25.5 Å². The predicted molar refractivity (Wildman–Crippen MR) is 135 cm³/mol. The fraction of sp³-hybridized carbons (Fsp3) is 0.560. The summed E-state index contributed by atoms with van der Waals surface area (Å²) in [6.07, 6.45) is 2.94. The largest absolute Gasteiger partial charge is 0.544 e. The maximum Gasteiger partial charge on any atom is 0.329 e. The SMILES string of the molecule is CC(C)[C@@H]1NC(=O)/C=C/[C@@H](N)COC(=O)[C@H](Cc2ccc(O[Si](C)(C)C(C)(C)C)cc2)NC1=O. The van der Waals surface area contributed by atoms with Crippen LogP contribution < -0.4 is 20.8 Å². The zero-order valence-electron chi connectivity index (χ0n) is 21.3. The molecule has 2 rings (SSSR count). The van der Waals surface area contributed by atoms with E-state index in [1.54, 1.807) is 0 Å². The molecule has 1 aliphatic rings. The van der Waals surface area contributed by atoms with E-state index in [9.17, 15) is 14.4 Å². The van der Waals surface area contributed by atoms with Crippen molar-refractivity contribution in [3.8, 4) is 5.75 Å². The Bertz CT molecular complexity index is 906. The van der Waals surface area contributed by atoms with Gasteiger partial charge in [0, 0.05) is 12.5 Å². The fourth-order valence-corrected chi connectivity index (χ4v) is 4.15. The van der Waals surface area contributed by atoms with Crippen LogP contribution in [0.2, 0.25) is 18.1 Å². The van der Waals surface area contributed by atoms with Crippen LogP contribution in [-0.4, -0.2) is 50.8 Å². The average molecular weight is 490 g/mol. The van der Waals surface area contributed by atoms with E-state index >= 15 is 0 Å². The van der Waals surface area contributed by atoms with Crippen LogP contribution >= 0.6 is 0 Å². The first-order valence-electron chi connectivity index (χ1n) is 11.7. The molecule has 0 aliphatic carbocycles. The predicted octanol–water partition coefficient (Wildman–Crippen LogP) is 2.68. The van der Waals surface area contributed by atoms with E-state index in [2.05, 4.69) is 44.5 Å². The molecular weight excluding hydrogens is 450 g/mol. The molecule has 188 valence electrons. The monoisotopic (exact) mass is 489 g/mol. The first-order valence-corrected chi connectivity index (χ1v) is 14.6. The van der Waals surface area contributed by atoms with E-state index in [4.69, 9.17) is 14.9 Å². The Morgan fingerprint density at radius 1 is 1.12 bits per heavy atom. The van der Waals surface area contributed by atoms with Gasteiger partial charge >= 0.3 is 5.97 Å². The number of ether oxygens (including phenoxy) is 1. The number of cyclic esters (lactones) is 1. The van der Waals surface area contributed by atoms with Crippen molar-refractivity contribution in [3.63, 3.8) is 0 Å². The lowest BCUT2D eigenvalue weighted by Crippen LogP contribution is -2.54. The Labute approximate surface area is 203 Å². The maximum atomic E-state index is 12.9. The Hall–Kier alpha value is -2.65. The molecule has 1 aliphatic heterocycles. The summed E-state index contributed by atoms with van der Waals surface area (Å²) in [5.41, 5.74) is 6.75. The number of esters is 1. The van der Waals surface area contributed by atoms with Gasteiger partial charge in [0.05, 0.1) is 6.04 Å². The first-order chi connectivity index (χ1) is 15.7. The number of rotatable bonds is 5. The molecule has 9 heteroatoms. The molecule has 1 heterocycles. The number of carbonyl (C=O) groups excluding carboxylic acids is 3. The van der Waals surface area contributed by atoms with Crippen LogP contribution in [0, 0.1) is 5.92 Å². The van der Waals surface area contributed by atoms with Crippen LogP contribution in [0.15, 0.2) is 36.4 Å². The molecule has 2 amide bonds. The van der Waals surface area contributed by atoms with Gasteiger partial charge in [-0.1, -0.05) is 52.8 Å². The third-order valence-corrected chi connectivity index (χ3v) is 10.7. The highest BCUT2D eigenvalue weighted by molar-refractivity contribution is 6.74.